The van der Waals surface area contributed by atoms with Gasteiger partial charge in [-0.25, -0.2) is 0 Å². The summed E-state index contributed by atoms with van der Waals surface area (Å²) >= 11 is 0. The Morgan fingerprint density at radius 1 is 1.08 bits per heavy atom. The Morgan fingerprint density at radius 2 is 1.64 bits per heavy atom. The molecule has 1 aliphatic heterocycles. The van der Waals surface area contributed by atoms with Gasteiger partial charge in [0.05, 0.1) is 17.2 Å². The highest BCUT2D eigenvalue weighted by Crippen LogP contribution is 2.44. The molecule has 0 saturated heterocycles. The van der Waals surface area contributed by atoms with Crippen molar-refractivity contribution in [3.05, 3.63) is 35.4 Å². The second-order valence-corrected chi connectivity index (χ2v) is 8.34. The van der Waals surface area contributed by atoms with Crippen molar-refractivity contribution in [3.8, 4) is 0 Å². The Labute approximate surface area is 148 Å². The summed E-state index contributed by atoms with van der Waals surface area (Å²) in [4.78, 5) is 35.5. The number of unbranched alkanes of at least 4 members (excludes halogenated alkanes) is 3. The molecule has 1 aromatic carbocycles. The molecule has 1 N–H and O–H groups in total. The first-order chi connectivity index (χ1) is 11.9. The fraction of sp³-hybridized carbons (Fsp3) is 0.556. The highest BCUT2D eigenvalue weighted by atomic mass is 31.2. The summed E-state index contributed by atoms with van der Waals surface area (Å²) in [5.74, 6) is -0.468. The smallest absolute Gasteiger partial charge is 0.324 e. The highest BCUT2D eigenvalue weighted by Gasteiger charge is 2.34. The average molecular weight is 367 g/mol. The second-order valence-electron chi connectivity index (χ2n) is 6.41. The van der Waals surface area contributed by atoms with Crippen molar-refractivity contribution < 1.29 is 23.6 Å². The van der Waals surface area contributed by atoms with Crippen LogP contribution in [0.2, 0.25) is 0 Å². The maximum atomic E-state index is 12.2. The van der Waals surface area contributed by atoms with Crippen LogP contribution in [0.3, 0.4) is 0 Å². The summed E-state index contributed by atoms with van der Waals surface area (Å²) in [6.45, 7) is 4.07. The van der Waals surface area contributed by atoms with E-state index in [0.717, 1.165) is 12.8 Å². The quantitative estimate of drug-likeness (QED) is 0.386. The number of hydrogen-bond acceptors (Lipinski definition) is 4. The number of carbonyl (C=O) groups excluding carboxylic acids is 2. The first kappa shape index (κ1) is 19.8. The lowest BCUT2D eigenvalue weighted by Gasteiger charge is -2.16. The van der Waals surface area contributed by atoms with E-state index in [-0.39, 0.29) is 24.1 Å². The molecule has 0 radical (unpaired) electrons. The van der Waals surface area contributed by atoms with Crippen LogP contribution in [-0.4, -0.2) is 40.4 Å². The molecule has 0 bridgehead atoms. The van der Waals surface area contributed by atoms with Crippen LogP contribution in [0, 0.1) is 0 Å². The first-order valence-electron chi connectivity index (χ1n) is 8.81. The lowest BCUT2D eigenvalue weighted by Crippen LogP contribution is -2.30. The lowest BCUT2D eigenvalue weighted by molar-refractivity contribution is 0.0651. The molecule has 0 saturated carbocycles. The first-order valence-corrected chi connectivity index (χ1v) is 10.6. The number of hydrogen-bond donors (Lipinski definition) is 1. The molecule has 138 valence electrons. The zero-order valence-corrected chi connectivity index (χ0v) is 15.7. The van der Waals surface area contributed by atoms with E-state index in [0.29, 0.717) is 36.9 Å². The third-order valence-electron chi connectivity index (χ3n) is 4.37. The second kappa shape index (κ2) is 8.75. The van der Waals surface area contributed by atoms with Gasteiger partial charge in [-0.3, -0.25) is 19.1 Å². The van der Waals surface area contributed by atoms with E-state index < -0.39 is 7.60 Å². The van der Waals surface area contributed by atoms with Crippen LogP contribution in [0.15, 0.2) is 24.3 Å². The summed E-state index contributed by atoms with van der Waals surface area (Å²) in [7, 11) is -3.51. The SMILES string of the molecule is CCC(C)OP(=O)(O)CCCCCCN1C(=O)c2ccccc2C1=O. The average Bonchev–Trinajstić information content (AvgIpc) is 2.82. The standard InChI is InChI=1S/C18H26NO5P/c1-3-14(2)24-25(22,23)13-9-5-4-8-12-19-17(20)15-10-6-7-11-16(15)18(19)21/h6-7,10-11,14H,3-5,8-9,12-13H2,1-2H3,(H,22,23). The van der Waals surface area contributed by atoms with E-state index in [1.807, 2.05) is 6.92 Å². The Hall–Kier alpha value is -1.49. The zero-order chi connectivity index (χ0) is 18.4. The summed E-state index contributed by atoms with van der Waals surface area (Å²) in [5, 5.41) is 0. The van der Waals surface area contributed by atoms with Crippen LogP contribution < -0.4 is 0 Å². The Kier molecular flexibility index (Phi) is 6.94. The van der Waals surface area contributed by atoms with Crippen LogP contribution in [0.25, 0.3) is 0 Å². The largest absolute Gasteiger partial charge is 0.328 e. The minimum Gasteiger partial charge on any atom is -0.324 e. The molecule has 6 nitrogen and oxygen atoms in total. The van der Waals surface area contributed by atoms with Crippen LogP contribution >= 0.6 is 7.60 Å². The predicted octanol–water partition coefficient (Wildman–Crippen LogP) is 3.84. The van der Waals surface area contributed by atoms with Gasteiger partial charge in [-0.15, -0.1) is 0 Å². The topological polar surface area (TPSA) is 83.9 Å². The number of nitrogens with zero attached hydrogens (tertiary/aromatic N) is 1. The van der Waals surface area contributed by atoms with Gasteiger partial charge in [0.1, 0.15) is 0 Å². The molecule has 1 aliphatic rings. The van der Waals surface area contributed by atoms with Gasteiger partial charge in [0.15, 0.2) is 0 Å². The van der Waals surface area contributed by atoms with Crippen molar-refractivity contribution in [2.75, 3.05) is 12.7 Å². The Bertz CT molecular complexity index is 640. The van der Waals surface area contributed by atoms with Crippen molar-refractivity contribution in [2.24, 2.45) is 0 Å². The van der Waals surface area contributed by atoms with Gasteiger partial charge in [0.25, 0.3) is 11.8 Å². The minimum absolute atomic E-state index is 0.143. The molecule has 0 aliphatic carbocycles. The van der Waals surface area contributed by atoms with Crippen LogP contribution in [0.1, 0.15) is 66.7 Å². The highest BCUT2D eigenvalue weighted by molar-refractivity contribution is 7.52. The van der Waals surface area contributed by atoms with E-state index in [1.54, 1.807) is 31.2 Å². The molecule has 0 aromatic heterocycles. The van der Waals surface area contributed by atoms with E-state index >= 15 is 0 Å². The zero-order valence-electron chi connectivity index (χ0n) is 14.8. The van der Waals surface area contributed by atoms with E-state index in [2.05, 4.69) is 0 Å². The lowest BCUT2D eigenvalue weighted by atomic mass is 10.1. The van der Waals surface area contributed by atoms with Gasteiger partial charge in [-0.2, -0.15) is 0 Å². The van der Waals surface area contributed by atoms with Crippen molar-refractivity contribution in [1.29, 1.82) is 0 Å². The Morgan fingerprint density at radius 3 is 2.20 bits per heavy atom. The number of imide groups is 1. The van der Waals surface area contributed by atoms with Crippen LogP contribution in [0.4, 0.5) is 0 Å². The molecule has 2 rings (SSSR count). The van der Waals surface area contributed by atoms with E-state index in [4.69, 9.17) is 4.52 Å². The molecule has 1 heterocycles. The van der Waals surface area contributed by atoms with Gasteiger partial charge in [0, 0.05) is 12.7 Å². The van der Waals surface area contributed by atoms with Gasteiger partial charge in [-0.05, 0) is 38.3 Å². The molecule has 7 heteroatoms. The summed E-state index contributed by atoms with van der Waals surface area (Å²) < 4.78 is 17.0. The van der Waals surface area contributed by atoms with Crippen molar-refractivity contribution in [3.63, 3.8) is 0 Å². The van der Waals surface area contributed by atoms with Gasteiger partial charge in [0.2, 0.25) is 0 Å². The molecule has 2 amide bonds. The summed E-state index contributed by atoms with van der Waals surface area (Å²) in [6.07, 6.45) is 3.45. The normalized spacial score (nSPS) is 17.5. The fourth-order valence-corrected chi connectivity index (χ4v) is 4.23. The van der Waals surface area contributed by atoms with Crippen LogP contribution in [-0.2, 0) is 9.09 Å². The summed E-state index contributed by atoms with van der Waals surface area (Å²) in [6, 6.07) is 6.85. The maximum absolute atomic E-state index is 12.2. The maximum Gasteiger partial charge on any atom is 0.328 e. The van der Waals surface area contributed by atoms with Gasteiger partial charge >= 0.3 is 7.60 Å². The molecular formula is C18H26NO5P. The minimum atomic E-state index is -3.51. The van der Waals surface area contributed by atoms with Crippen molar-refractivity contribution in [2.45, 2.75) is 52.1 Å². The van der Waals surface area contributed by atoms with Crippen molar-refractivity contribution >= 4 is 19.4 Å². The number of carbonyl (C=O) groups is 2. The number of benzene rings is 1. The van der Waals surface area contributed by atoms with Crippen molar-refractivity contribution in [1.82, 2.24) is 4.90 Å². The molecule has 25 heavy (non-hydrogen) atoms. The number of fused-ring (bicyclic) bond motifs is 1. The third-order valence-corrected chi connectivity index (χ3v) is 5.94. The van der Waals surface area contributed by atoms with Gasteiger partial charge < -0.3 is 9.42 Å². The molecule has 0 spiro atoms. The predicted molar refractivity (Wildman–Crippen MR) is 95.8 cm³/mol. The van der Waals surface area contributed by atoms with E-state index in [1.165, 1.54) is 4.90 Å². The molecule has 2 unspecified atom stereocenters. The summed E-state index contributed by atoms with van der Waals surface area (Å²) in [5.41, 5.74) is 0.937. The van der Waals surface area contributed by atoms with Gasteiger partial charge in [-0.1, -0.05) is 31.9 Å². The fourth-order valence-electron chi connectivity index (χ4n) is 2.79. The molecular weight excluding hydrogens is 341 g/mol. The molecule has 1 aromatic rings. The number of rotatable bonds is 10. The van der Waals surface area contributed by atoms with Crippen LogP contribution in [0.5, 0.6) is 0 Å². The van der Waals surface area contributed by atoms with E-state index in [9.17, 15) is 19.0 Å². The molecule has 2 atom stereocenters. The molecule has 0 fully saturated rings. The third kappa shape index (κ3) is 5.24. The monoisotopic (exact) mass is 367 g/mol. The Balaban J connectivity index is 1.68. The number of amides is 2.